The summed E-state index contributed by atoms with van der Waals surface area (Å²) in [5.74, 6) is 0. The fourth-order valence-corrected chi connectivity index (χ4v) is 18.4. The van der Waals surface area contributed by atoms with Gasteiger partial charge in [0.15, 0.2) is 31.0 Å². The predicted molar refractivity (Wildman–Crippen MR) is 625 cm³/mol. The number of pyridine rings is 5. The maximum Gasteiger partial charge on any atom is 0.220 e. The van der Waals surface area contributed by atoms with Crippen molar-refractivity contribution in [3.8, 4) is 56.3 Å². The van der Waals surface area contributed by atoms with Crippen molar-refractivity contribution in [1.29, 1.82) is 0 Å². The Labute approximate surface area is 844 Å². The van der Waals surface area contributed by atoms with E-state index in [1.165, 1.54) is 219 Å². The second kappa shape index (κ2) is 55.6. The lowest BCUT2D eigenvalue weighted by atomic mass is 9.93. The zero-order chi connectivity index (χ0) is 102. The number of rotatable bonds is 5. The molecule has 5 nitrogen and oxygen atoms in total. The molecular formula is C136H154N5+5. The summed E-state index contributed by atoms with van der Waals surface area (Å²) in [7, 11) is 10.6. The van der Waals surface area contributed by atoms with Crippen LogP contribution in [0.3, 0.4) is 0 Å². The van der Waals surface area contributed by atoms with Gasteiger partial charge in [-0.25, -0.2) is 22.8 Å². The largest absolute Gasteiger partial charge is 0.220 e. The minimum atomic E-state index is 1.25. The first-order chi connectivity index (χ1) is 69.3. The fraction of sp³-hybridized carbons (Fsp3) is 0.213. The molecule has 5 aromatic heterocycles. The van der Waals surface area contributed by atoms with E-state index in [9.17, 15) is 0 Å². The molecule has 0 atom stereocenters. The molecule has 23 aromatic rings. The van der Waals surface area contributed by atoms with Crippen molar-refractivity contribution < 1.29 is 22.8 Å². The lowest BCUT2D eigenvalue weighted by molar-refractivity contribution is -0.659. The van der Waals surface area contributed by atoms with E-state index < -0.39 is 0 Å². The quantitative estimate of drug-likeness (QED) is 0.0930. The van der Waals surface area contributed by atoms with Crippen LogP contribution in [0.4, 0.5) is 0 Å². The van der Waals surface area contributed by atoms with Crippen molar-refractivity contribution >= 4 is 140 Å². The molecule has 0 radical (unpaired) electrons. The molecule has 0 N–H and O–H groups in total. The van der Waals surface area contributed by atoms with E-state index >= 15 is 0 Å². The molecule has 0 saturated carbocycles. The van der Waals surface area contributed by atoms with Crippen molar-refractivity contribution in [2.75, 3.05) is 0 Å². The third-order valence-corrected chi connectivity index (χ3v) is 24.5. The highest BCUT2D eigenvalue weighted by Crippen LogP contribution is 2.40. The van der Waals surface area contributed by atoms with Crippen LogP contribution < -0.4 is 22.8 Å². The molecule has 5 heterocycles. The standard InChI is InChI=1S/2C25H20N.C24H18N.C21H18N.C20H16N.C3H8.9C2H6/c1-17-20-9-5-3-7-18(20)11-13-21(17)25-24-14-12-19-8-4-6-10-22(19)23(24)15-16-26(25)2;1-17-22-10-6-5-7-18(22)11-12-23(17)25-24-16-20-9-4-3-8-19(20)15-21(24)13-14-26(25)2;1-25-15-14-19-12-11-18-7-4-5-9-22(18)23(19)24(25)21-13-10-17-6-2-3-8-20(17)16-21;1-15-7-3-5-9-17(15)21-20-12-11-16-8-4-6-10-18(16)19(20)13-14-22(21)2;1-21-14-13-16-12-11-15-7-5-6-10-18(15)19(16)20(21)17-8-3-2-4-9-17;1-3-2;9*1-2/h2*3-16H,1-2H3;2-16H,1H3;3-14H,1-2H3;2-14H,1H3;3H2,1-2H3;9*1-2H3/q5*+1;;;;;;;;;;. The Morgan fingerprint density at radius 3 is 0.851 bits per heavy atom. The lowest BCUT2D eigenvalue weighted by Crippen LogP contribution is -2.30. The molecule has 141 heavy (non-hydrogen) atoms. The molecule has 0 amide bonds. The van der Waals surface area contributed by atoms with Crippen LogP contribution in [-0.4, -0.2) is 0 Å². The molecule has 0 aliphatic heterocycles. The van der Waals surface area contributed by atoms with Gasteiger partial charge in [0.05, 0.1) is 38.1 Å². The minimum Gasteiger partial charge on any atom is -0.200 e. The van der Waals surface area contributed by atoms with E-state index in [-0.39, 0.29) is 0 Å². The number of nitrogens with zero attached hydrogens (tertiary/aromatic N) is 5. The molecule has 0 saturated heterocycles. The molecule has 0 unspecified atom stereocenters. The summed E-state index contributed by atoms with van der Waals surface area (Å²) >= 11 is 0. The minimum absolute atomic E-state index is 1.25. The number of hydrogen-bond donors (Lipinski definition) is 0. The number of benzene rings is 18. The Bertz CT molecular complexity index is 7880. The van der Waals surface area contributed by atoms with Gasteiger partial charge in [-0.1, -0.05) is 430 Å². The van der Waals surface area contributed by atoms with E-state index in [0.29, 0.717) is 0 Å². The van der Waals surface area contributed by atoms with E-state index in [2.05, 4.69) is 506 Å². The molecule has 0 fully saturated rings. The number of fused-ring (bicyclic) bond motifs is 17. The maximum atomic E-state index is 2.33. The highest BCUT2D eigenvalue weighted by atomic mass is 14.9. The summed E-state index contributed by atoms with van der Waals surface area (Å²) in [6.45, 7) is 46.9. The van der Waals surface area contributed by atoms with E-state index in [0.717, 1.165) is 0 Å². The number of aromatic nitrogens is 5. The van der Waals surface area contributed by atoms with Gasteiger partial charge in [0.2, 0.25) is 28.5 Å². The summed E-state index contributed by atoms with van der Waals surface area (Å²) in [4.78, 5) is 0. The van der Waals surface area contributed by atoms with Crippen LogP contribution in [0.15, 0.2) is 413 Å². The predicted octanol–water partition coefficient (Wildman–Crippen LogP) is 37.5. The van der Waals surface area contributed by atoms with Crippen LogP contribution in [0.25, 0.3) is 196 Å². The molecule has 0 aliphatic carbocycles. The van der Waals surface area contributed by atoms with Crippen LogP contribution in [0.1, 0.15) is 162 Å². The molecule has 718 valence electrons. The van der Waals surface area contributed by atoms with Crippen molar-refractivity contribution in [3.05, 3.63) is 430 Å². The summed E-state index contributed by atoms with van der Waals surface area (Å²) in [6.07, 6.45) is 12.1. The van der Waals surface area contributed by atoms with Crippen LogP contribution in [-0.2, 0) is 35.2 Å². The number of hydrogen-bond acceptors (Lipinski definition) is 0. The summed E-state index contributed by atoms with van der Waals surface area (Å²) < 4.78 is 11.2. The van der Waals surface area contributed by atoms with Crippen LogP contribution >= 0.6 is 0 Å². The SMILES string of the molecule is CC.CC.CC.CC.CC.CC.CC.CC.CC.CCC.C[n+]1ccc2ccc3ccccc3c2c1-c1ccc2ccccc2c1.C[n+]1ccc2ccc3ccccc3c2c1-c1ccccc1.Cc1c(-c2c3cc4ccccc4cc3cc[n+]2C)ccc2ccccc12.Cc1c(-c2c3ccc4ccccc4c3cc[n+]2C)ccc2ccccc12.Cc1ccccc1-c1c2ccc3ccccc3c2cc[n+]1C. The zero-order valence-electron chi connectivity index (χ0n) is 89.7. The second-order valence-corrected chi connectivity index (χ2v) is 32.5. The monoisotopic (exact) mass is 1860 g/mol. The fourth-order valence-electron chi connectivity index (χ4n) is 18.4. The van der Waals surface area contributed by atoms with Crippen molar-refractivity contribution in [2.24, 2.45) is 35.2 Å². The molecule has 0 aliphatic rings. The third kappa shape index (κ3) is 24.9. The molecule has 18 aromatic carbocycles. The average Bonchev–Trinajstić information content (AvgIpc) is 0.763. The van der Waals surface area contributed by atoms with Gasteiger partial charge in [0.25, 0.3) is 0 Å². The van der Waals surface area contributed by atoms with Gasteiger partial charge in [0.1, 0.15) is 35.2 Å². The Morgan fingerprint density at radius 2 is 0.433 bits per heavy atom. The van der Waals surface area contributed by atoms with E-state index in [1.54, 1.807) is 0 Å². The van der Waals surface area contributed by atoms with Crippen molar-refractivity contribution in [1.82, 2.24) is 0 Å². The highest BCUT2D eigenvalue weighted by molar-refractivity contribution is 6.16. The second-order valence-electron chi connectivity index (χ2n) is 32.5. The van der Waals surface area contributed by atoms with Gasteiger partial charge < -0.3 is 0 Å². The van der Waals surface area contributed by atoms with Crippen LogP contribution in [0.5, 0.6) is 0 Å². The molecule has 5 heteroatoms. The first-order valence-corrected chi connectivity index (χ1v) is 51.9. The smallest absolute Gasteiger partial charge is 0.200 e. The van der Waals surface area contributed by atoms with Gasteiger partial charge >= 0.3 is 0 Å². The van der Waals surface area contributed by atoms with Crippen molar-refractivity contribution in [3.63, 3.8) is 0 Å². The molecular weight excluding hydrogens is 1700 g/mol. The van der Waals surface area contributed by atoms with E-state index in [4.69, 9.17) is 0 Å². The van der Waals surface area contributed by atoms with E-state index in [1.807, 2.05) is 125 Å². The average molecular weight is 1860 g/mol. The highest BCUT2D eigenvalue weighted by Gasteiger charge is 2.25. The molecule has 0 bridgehead atoms. The summed E-state index contributed by atoms with van der Waals surface area (Å²) in [5, 5.41) is 33.7. The van der Waals surface area contributed by atoms with Crippen LogP contribution in [0.2, 0.25) is 0 Å². The first-order valence-electron chi connectivity index (χ1n) is 51.9. The normalized spacial score (nSPS) is 10.2. The zero-order valence-corrected chi connectivity index (χ0v) is 89.7. The van der Waals surface area contributed by atoms with Crippen LogP contribution in [0, 0.1) is 20.8 Å². The maximum absolute atomic E-state index is 2.33. The Kier molecular flexibility index (Phi) is 43.3. The van der Waals surface area contributed by atoms with Gasteiger partial charge in [-0.15, -0.1) is 0 Å². The Hall–Kier alpha value is -14.9. The third-order valence-electron chi connectivity index (χ3n) is 24.5. The lowest BCUT2D eigenvalue weighted by Gasteiger charge is -2.11. The summed E-state index contributed by atoms with van der Waals surface area (Å²) in [6, 6.07) is 137. The Balaban J connectivity index is 0.000000188. The first kappa shape index (κ1) is 110. The number of aryl methyl sites for hydroxylation is 8. The molecule has 0 spiro atoms. The topological polar surface area (TPSA) is 19.4 Å². The summed E-state index contributed by atoms with van der Waals surface area (Å²) in [5.41, 5.74) is 16.7. The van der Waals surface area contributed by atoms with Gasteiger partial charge in [-0.05, 0) is 207 Å². The van der Waals surface area contributed by atoms with Gasteiger partial charge in [0, 0.05) is 57.8 Å². The van der Waals surface area contributed by atoms with Crippen molar-refractivity contribution in [2.45, 2.75) is 166 Å². The van der Waals surface area contributed by atoms with Gasteiger partial charge in [-0.3, -0.25) is 0 Å². The van der Waals surface area contributed by atoms with Gasteiger partial charge in [-0.2, -0.15) is 0 Å². The molecule has 23 rings (SSSR count). The Morgan fingerprint density at radius 1 is 0.163 bits per heavy atom.